The molecular formula is C11H23N3O2S2. The summed E-state index contributed by atoms with van der Waals surface area (Å²) in [6.07, 6.45) is 4.10. The number of thioether (sulfide) groups is 1. The second-order valence-corrected chi connectivity index (χ2v) is 7.41. The SMILES string of the molecule is CCC1(CC)CSC(=NCCCNS(C)(=O)=O)N1. The number of amidine groups is 1. The molecule has 0 saturated carbocycles. The number of nitrogens with zero attached hydrogens (tertiary/aromatic N) is 1. The lowest BCUT2D eigenvalue weighted by Gasteiger charge is -2.25. The van der Waals surface area contributed by atoms with Crippen molar-refractivity contribution in [1.82, 2.24) is 10.0 Å². The molecule has 18 heavy (non-hydrogen) atoms. The van der Waals surface area contributed by atoms with Gasteiger partial charge in [0.05, 0.1) is 6.26 Å². The fourth-order valence-electron chi connectivity index (χ4n) is 1.74. The Balaban J connectivity index is 2.29. The Labute approximate surface area is 114 Å². The van der Waals surface area contributed by atoms with Crippen molar-refractivity contribution >= 4 is 27.0 Å². The molecule has 0 aromatic heterocycles. The van der Waals surface area contributed by atoms with E-state index in [4.69, 9.17) is 0 Å². The summed E-state index contributed by atoms with van der Waals surface area (Å²) in [5.41, 5.74) is 0.203. The zero-order chi connectivity index (χ0) is 13.6. The summed E-state index contributed by atoms with van der Waals surface area (Å²) in [6.45, 7) is 5.49. The van der Waals surface area contributed by atoms with Crippen LogP contribution in [-0.2, 0) is 10.0 Å². The Morgan fingerprint density at radius 2 is 2.11 bits per heavy atom. The molecule has 5 nitrogen and oxygen atoms in total. The first kappa shape index (κ1) is 15.8. The largest absolute Gasteiger partial charge is 0.359 e. The van der Waals surface area contributed by atoms with Crippen LogP contribution in [0.2, 0.25) is 0 Å². The minimum atomic E-state index is -3.07. The highest BCUT2D eigenvalue weighted by atomic mass is 32.2. The van der Waals surface area contributed by atoms with Crippen LogP contribution in [0.15, 0.2) is 4.99 Å². The molecule has 7 heteroatoms. The minimum Gasteiger partial charge on any atom is -0.359 e. The number of aliphatic imine (C=N–C) groups is 1. The molecule has 0 aromatic carbocycles. The van der Waals surface area contributed by atoms with Crippen LogP contribution in [-0.4, -0.2) is 44.2 Å². The van der Waals surface area contributed by atoms with Crippen LogP contribution in [0.3, 0.4) is 0 Å². The van der Waals surface area contributed by atoms with E-state index in [-0.39, 0.29) is 5.54 Å². The van der Waals surface area contributed by atoms with E-state index in [2.05, 4.69) is 28.9 Å². The van der Waals surface area contributed by atoms with E-state index in [1.54, 1.807) is 11.8 Å². The average molecular weight is 293 g/mol. The van der Waals surface area contributed by atoms with Gasteiger partial charge in [-0.3, -0.25) is 4.99 Å². The lowest BCUT2D eigenvalue weighted by molar-refractivity contribution is 0.407. The molecule has 1 fully saturated rings. The Bertz CT molecular complexity index is 389. The zero-order valence-corrected chi connectivity index (χ0v) is 13.0. The standard InChI is InChI=1S/C11H23N3O2S2/c1-4-11(5-2)9-17-10(14-11)12-7-6-8-13-18(3,15)16/h13H,4-9H2,1-3H3,(H,12,14). The van der Waals surface area contributed by atoms with Crippen LogP contribution in [0, 0.1) is 0 Å². The number of sulfonamides is 1. The van der Waals surface area contributed by atoms with Gasteiger partial charge in [0.1, 0.15) is 0 Å². The van der Waals surface area contributed by atoms with E-state index in [0.29, 0.717) is 13.1 Å². The van der Waals surface area contributed by atoms with Crippen molar-refractivity contribution < 1.29 is 8.42 Å². The maximum absolute atomic E-state index is 10.9. The Kier molecular flexibility index (Phi) is 5.94. The highest BCUT2D eigenvalue weighted by molar-refractivity contribution is 8.14. The van der Waals surface area contributed by atoms with Crippen molar-refractivity contribution in [2.45, 2.75) is 38.6 Å². The maximum atomic E-state index is 10.9. The molecule has 0 spiro atoms. The number of hydrogen-bond acceptors (Lipinski definition) is 4. The molecule has 1 heterocycles. The van der Waals surface area contributed by atoms with Gasteiger partial charge >= 0.3 is 0 Å². The first-order valence-corrected chi connectivity index (χ1v) is 9.18. The molecule has 1 rings (SSSR count). The normalized spacial score (nSPS) is 21.2. The van der Waals surface area contributed by atoms with Crippen molar-refractivity contribution in [2.75, 3.05) is 25.1 Å². The molecule has 0 aromatic rings. The first-order chi connectivity index (χ1) is 8.41. The van der Waals surface area contributed by atoms with Gasteiger partial charge < -0.3 is 5.32 Å². The van der Waals surface area contributed by atoms with Gasteiger partial charge in [0.25, 0.3) is 0 Å². The Morgan fingerprint density at radius 1 is 1.44 bits per heavy atom. The third kappa shape index (κ3) is 5.16. The minimum absolute atomic E-state index is 0.203. The monoisotopic (exact) mass is 293 g/mol. The van der Waals surface area contributed by atoms with Crippen LogP contribution in [0.4, 0.5) is 0 Å². The van der Waals surface area contributed by atoms with Crippen LogP contribution in [0.25, 0.3) is 0 Å². The van der Waals surface area contributed by atoms with Crippen molar-refractivity contribution in [1.29, 1.82) is 0 Å². The van der Waals surface area contributed by atoms with Gasteiger partial charge in [0.15, 0.2) is 5.17 Å². The quantitative estimate of drug-likeness (QED) is 0.692. The molecule has 0 unspecified atom stereocenters. The molecule has 2 N–H and O–H groups in total. The van der Waals surface area contributed by atoms with Crippen LogP contribution in [0.5, 0.6) is 0 Å². The number of nitrogens with one attached hydrogen (secondary N) is 2. The van der Waals surface area contributed by atoms with E-state index in [9.17, 15) is 8.42 Å². The summed E-state index contributed by atoms with van der Waals surface area (Å²) in [5, 5.41) is 4.48. The maximum Gasteiger partial charge on any atom is 0.208 e. The Morgan fingerprint density at radius 3 is 2.61 bits per heavy atom. The second-order valence-electron chi connectivity index (χ2n) is 4.61. The predicted octanol–water partition coefficient (Wildman–Crippen LogP) is 1.18. The lowest BCUT2D eigenvalue weighted by Crippen LogP contribution is -2.42. The van der Waals surface area contributed by atoms with Gasteiger partial charge in [-0.25, -0.2) is 13.1 Å². The van der Waals surface area contributed by atoms with Crippen molar-refractivity contribution in [2.24, 2.45) is 4.99 Å². The summed E-state index contributed by atoms with van der Waals surface area (Å²) in [7, 11) is -3.07. The Hall–Kier alpha value is -0.270. The molecule has 1 aliphatic rings. The van der Waals surface area contributed by atoms with E-state index < -0.39 is 10.0 Å². The van der Waals surface area contributed by atoms with E-state index in [0.717, 1.165) is 30.2 Å². The third-order valence-electron chi connectivity index (χ3n) is 3.17. The van der Waals surface area contributed by atoms with Crippen LogP contribution >= 0.6 is 11.8 Å². The molecule has 106 valence electrons. The third-order valence-corrected chi connectivity index (χ3v) is 5.10. The van der Waals surface area contributed by atoms with Crippen molar-refractivity contribution in [3.05, 3.63) is 0 Å². The fraction of sp³-hybridized carbons (Fsp3) is 0.909. The van der Waals surface area contributed by atoms with Crippen LogP contribution in [0.1, 0.15) is 33.1 Å². The van der Waals surface area contributed by atoms with Crippen molar-refractivity contribution in [3.8, 4) is 0 Å². The molecule has 1 aliphatic heterocycles. The topological polar surface area (TPSA) is 70.6 Å². The van der Waals surface area contributed by atoms with Gasteiger partial charge in [-0.1, -0.05) is 25.6 Å². The molecule has 0 radical (unpaired) electrons. The fourth-order valence-corrected chi connectivity index (χ4v) is 3.62. The summed E-state index contributed by atoms with van der Waals surface area (Å²) >= 11 is 1.76. The number of hydrogen-bond donors (Lipinski definition) is 2. The summed E-state index contributed by atoms with van der Waals surface area (Å²) < 4.78 is 24.2. The zero-order valence-electron chi connectivity index (χ0n) is 11.3. The van der Waals surface area contributed by atoms with E-state index in [1.807, 2.05) is 0 Å². The summed E-state index contributed by atoms with van der Waals surface area (Å²) in [6, 6.07) is 0. The van der Waals surface area contributed by atoms with Gasteiger partial charge in [-0.15, -0.1) is 0 Å². The highest BCUT2D eigenvalue weighted by Gasteiger charge is 2.33. The average Bonchev–Trinajstić information content (AvgIpc) is 2.72. The second kappa shape index (κ2) is 6.77. The van der Waals surface area contributed by atoms with E-state index in [1.165, 1.54) is 6.26 Å². The molecular weight excluding hydrogens is 270 g/mol. The molecule has 1 saturated heterocycles. The molecule has 0 atom stereocenters. The highest BCUT2D eigenvalue weighted by Crippen LogP contribution is 2.28. The summed E-state index contributed by atoms with van der Waals surface area (Å²) in [5.74, 6) is 1.07. The van der Waals surface area contributed by atoms with E-state index >= 15 is 0 Å². The van der Waals surface area contributed by atoms with Gasteiger partial charge in [-0.05, 0) is 19.3 Å². The smallest absolute Gasteiger partial charge is 0.208 e. The summed E-state index contributed by atoms with van der Waals surface area (Å²) in [4.78, 5) is 4.47. The van der Waals surface area contributed by atoms with Gasteiger partial charge in [0.2, 0.25) is 10.0 Å². The molecule has 0 bridgehead atoms. The predicted molar refractivity (Wildman–Crippen MR) is 78.7 cm³/mol. The van der Waals surface area contributed by atoms with Crippen LogP contribution < -0.4 is 10.0 Å². The molecule has 0 amide bonds. The lowest BCUT2D eigenvalue weighted by atomic mass is 9.96. The van der Waals surface area contributed by atoms with Gasteiger partial charge in [-0.2, -0.15) is 0 Å². The number of rotatable bonds is 7. The van der Waals surface area contributed by atoms with Crippen molar-refractivity contribution in [3.63, 3.8) is 0 Å². The first-order valence-electron chi connectivity index (χ1n) is 6.31. The van der Waals surface area contributed by atoms with Gasteiger partial charge in [0, 0.05) is 24.4 Å². The molecule has 0 aliphatic carbocycles.